The maximum atomic E-state index is 11.2. The molecule has 0 bridgehead atoms. The molecule has 0 fully saturated rings. The van der Waals surface area contributed by atoms with Gasteiger partial charge in [-0.1, -0.05) is 0 Å². The number of H-pyrrole nitrogens is 1. The lowest BCUT2D eigenvalue weighted by Crippen LogP contribution is -2.27. The monoisotopic (exact) mass is 184 g/mol. The average molecular weight is 184 g/mol. The molecule has 13 heavy (non-hydrogen) atoms. The Kier molecular flexibility index (Phi) is 3.90. The number of carbonyl (C=O) groups is 1. The summed E-state index contributed by atoms with van der Waals surface area (Å²) < 4.78 is 5.04. The Hall–Kier alpha value is -1.43. The normalized spacial score (nSPS) is 9.92. The third kappa shape index (κ3) is 3.20. The van der Waals surface area contributed by atoms with Gasteiger partial charge in [0, 0.05) is 13.2 Å². The molecule has 1 amide bonds. The van der Waals surface area contributed by atoms with Crippen molar-refractivity contribution in [3.05, 3.63) is 11.9 Å². The van der Waals surface area contributed by atoms with Crippen LogP contribution in [-0.2, 0) is 4.74 Å². The highest BCUT2D eigenvalue weighted by Gasteiger charge is 2.06. The van der Waals surface area contributed by atoms with Crippen molar-refractivity contribution in [3.63, 3.8) is 0 Å². The van der Waals surface area contributed by atoms with Gasteiger partial charge in [-0.25, -0.2) is 0 Å². The van der Waals surface area contributed by atoms with Crippen molar-refractivity contribution in [1.29, 1.82) is 0 Å². The minimum absolute atomic E-state index is 0.242. The summed E-state index contributed by atoms with van der Waals surface area (Å²) in [6.07, 6.45) is 1.37. The summed E-state index contributed by atoms with van der Waals surface area (Å²) in [4.78, 5) is 11.2. The van der Waals surface area contributed by atoms with Crippen LogP contribution in [0.1, 0.15) is 17.4 Å². The lowest BCUT2D eigenvalue weighted by molar-refractivity contribution is 0.0917. The van der Waals surface area contributed by atoms with E-state index < -0.39 is 0 Å². The maximum Gasteiger partial charge on any atom is 0.273 e. The maximum absolute atomic E-state index is 11.2. The van der Waals surface area contributed by atoms with Gasteiger partial charge in [0.05, 0.1) is 12.8 Å². The Morgan fingerprint density at radius 3 is 3.23 bits per heavy atom. The molecule has 0 aliphatic rings. The number of ether oxygens (including phenoxy) is 1. The largest absolute Gasteiger partial charge is 0.380 e. The highest BCUT2D eigenvalue weighted by Crippen LogP contribution is 1.86. The fourth-order valence-electron chi connectivity index (χ4n) is 0.783. The van der Waals surface area contributed by atoms with Crippen LogP contribution in [0.5, 0.6) is 0 Å². The second-order valence-electron chi connectivity index (χ2n) is 2.31. The third-order valence-corrected chi connectivity index (χ3v) is 1.38. The quantitative estimate of drug-likeness (QED) is 0.608. The average Bonchev–Trinajstić information content (AvgIpc) is 2.65. The number of nitrogens with one attached hydrogen (secondary N) is 2. The van der Waals surface area contributed by atoms with Gasteiger partial charge < -0.3 is 10.1 Å². The van der Waals surface area contributed by atoms with Gasteiger partial charge in [-0.15, -0.1) is 0 Å². The Morgan fingerprint density at radius 2 is 2.62 bits per heavy atom. The summed E-state index contributed by atoms with van der Waals surface area (Å²) in [7, 11) is 0. The highest BCUT2D eigenvalue weighted by atomic mass is 16.5. The Labute approximate surface area is 75.7 Å². The molecule has 6 nitrogen and oxygen atoms in total. The van der Waals surface area contributed by atoms with E-state index >= 15 is 0 Å². The summed E-state index contributed by atoms with van der Waals surface area (Å²) in [6.45, 7) is 3.55. The zero-order valence-corrected chi connectivity index (χ0v) is 7.41. The fourth-order valence-corrected chi connectivity index (χ4v) is 0.783. The first-order valence-electron chi connectivity index (χ1n) is 4.06. The topological polar surface area (TPSA) is 79.9 Å². The van der Waals surface area contributed by atoms with E-state index in [0.717, 1.165) is 0 Å². The number of aromatic nitrogens is 3. The minimum Gasteiger partial charge on any atom is -0.380 e. The molecular weight excluding hydrogens is 172 g/mol. The molecule has 1 aromatic heterocycles. The predicted molar refractivity (Wildman–Crippen MR) is 45.2 cm³/mol. The number of hydrogen-bond acceptors (Lipinski definition) is 4. The molecule has 1 rings (SSSR count). The van der Waals surface area contributed by atoms with Crippen LogP contribution in [0.4, 0.5) is 0 Å². The summed E-state index contributed by atoms with van der Waals surface area (Å²) in [5, 5.41) is 12.1. The molecule has 1 heterocycles. The predicted octanol–water partition coefficient (Wildman–Crippen LogP) is -0.429. The second-order valence-corrected chi connectivity index (χ2v) is 2.31. The van der Waals surface area contributed by atoms with Gasteiger partial charge >= 0.3 is 0 Å². The Morgan fingerprint density at radius 1 is 1.77 bits per heavy atom. The van der Waals surface area contributed by atoms with E-state index in [1.807, 2.05) is 6.92 Å². The SMILES string of the molecule is CCOCCNC(=O)c1cn[nH]n1. The molecule has 6 heteroatoms. The molecule has 1 aromatic rings. The molecule has 0 saturated carbocycles. The molecule has 0 aromatic carbocycles. The first-order chi connectivity index (χ1) is 6.34. The van der Waals surface area contributed by atoms with Gasteiger partial charge in [0.1, 0.15) is 0 Å². The van der Waals surface area contributed by atoms with Crippen LogP contribution in [-0.4, -0.2) is 41.1 Å². The zero-order valence-electron chi connectivity index (χ0n) is 7.41. The summed E-state index contributed by atoms with van der Waals surface area (Å²) >= 11 is 0. The van der Waals surface area contributed by atoms with Crippen molar-refractivity contribution in [3.8, 4) is 0 Å². The number of aromatic amines is 1. The van der Waals surface area contributed by atoms with Crippen LogP contribution in [0.15, 0.2) is 6.20 Å². The van der Waals surface area contributed by atoms with Crippen LogP contribution in [0, 0.1) is 0 Å². The van der Waals surface area contributed by atoms with Crippen molar-refractivity contribution in [1.82, 2.24) is 20.7 Å². The first-order valence-corrected chi connectivity index (χ1v) is 4.06. The molecule has 0 spiro atoms. The van der Waals surface area contributed by atoms with Gasteiger partial charge in [0.25, 0.3) is 5.91 Å². The van der Waals surface area contributed by atoms with Crippen molar-refractivity contribution < 1.29 is 9.53 Å². The van der Waals surface area contributed by atoms with Crippen molar-refractivity contribution >= 4 is 5.91 Å². The van der Waals surface area contributed by atoms with E-state index in [2.05, 4.69) is 20.7 Å². The van der Waals surface area contributed by atoms with Crippen molar-refractivity contribution in [2.24, 2.45) is 0 Å². The summed E-state index contributed by atoms with van der Waals surface area (Å²) in [6, 6.07) is 0. The molecule has 2 N–H and O–H groups in total. The molecule has 72 valence electrons. The molecular formula is C7H12N4O2. The Bertz CT molecular complexity index is 247. The number of amides is 1. The standard InChI is InChI=1S/C7H12N4O2/c1-2-13-4-3-8-7(12)6-5-9-11-10-6/h5H,2-4H2,1H3,(H,8,12)(H,9,10,11). The number of nitrogens with zero attached hydrogens (tertiary/aromatic N) is 2. The summed E-state index contributed by atoms with van der Waals surface area (Å²) in [5.74, 6) is -0.242. The molecule has 0 aliphatic carbocycles. The van der Waals surface area contributed by atoms with Crippen LogP contribution in [0.3, 0.4) is 0 Å². The molecule has 0 aliphatic heterocycles. The van der Waals surface area contributed by atoms with E-state index in [-0.39, 0.29) is 11.6 Å². The number of rotatable bonds is 5. The third-order valence-electron chi connectivity index (χ3n) is 1.38. The van der Waals surface area contributed by atoms with Gasteiger partial charge in [-0.2, -0.15) is 15.4 Å². The zero-order chi connectivity index (χ0) is 9.52. The van der Waals surface area contributed by atoms with E-state index in [1.54, 1.807) is 0 Å². The lowest BCUT2D eigenvalue weighted by atomic mass is 10.4. The van der Waals surface area contributed by atoms with Crippen LogP contribution in [0.25, 0.3) is 0 Å². The fraction of sp³-hybridized carbons (Fsp3) is 0.571. The van der Waals surface area contributed by atoms with Crippen LogP contribution < -0.4 is 5.32 Å². The Balaban J connectivity index is 2.19. The van der Waals surface area contributed by atoms with E-state index in [9.17, 15) is 4.79 Å². The highest BCUT2D eigenvalue weighted by molar-refractivity contribution is 5.91. The van der Waals surface area contributed by atoms with Crippen LogP contribution in [0.2, 0.25) is 0 Å². The lowest BCUT2D eigenvalue weighted by Gasteiger charge is -2.01. The number of hydrogen-bond donors (Lipinski definition) is 2. The molecule has 0 unspecified atom stereocenters. The molecule has 0 atom stereocenters. The van der Waals surface area contributed by atoms with Gasteiger partial charge in [0.2, 0.25) is 0 Å². The number of carbonyl (C=O) groups excluding carboxylic acids is 1. The van der Waals surface area contributed by atoms with Crippen LogP contribution >= 0.6 is 0 Å². The first kappa shape index (κ1) is 9.66. The second kappa shape index (κ2) is 5.26. The van der Waals surface area contributed by atoms with Crippen molar-refractivity contribution in [2.75, 3.05) is 19.8 Å². The summed E-state index contributed by atoms with van der Waals surface area (Å²) in [5.41, 5.74) is 0.288. The molecule has 0 radical (unpaired) electrons. The van der Waals surface area contributed by atoms with Crippen molar-refractivity contribution in [2.45, 2.75) is 6.92 Å². The van der Waals surface area contributed by atoms with Gasteiger partial charge in [-0.05, 0) is 6.92 Å². The smallest absolute Gasteiger partial charge is 0.273 e. The minimum atomic E-state index is -0.242. The van der Waals surface area contributed by atoms with E-state index in [0.29, 0.717) is 19.8 Å². The molecule has 0 saturated heterocycles. The van der Waals surface area contributed by atoms with Gasteiger partial charge in [0.15, 0.2) is 5.69 Å². The van der Waals surface area contributed by atoms with E-state index in [1.165, 1.54) is 6.20 Å². The van der Waals surface area contributed by atoms with E-state index in [4.69, 9.17) is 4.74 Å². The van der Waals surface area contributed by atoms with Gasteiger partial charge in [-0.3, -0.25) is 4.79 Å².